The number of nitrogens with zero attached hydrogens (tertiary/aromatic N) is 2. The Morgan fingerprint density at radius 1 is 1.21 bits per heavy atom. The van der Waals surface area contributed by atoms with Crippen LogP contribution in [-0.2, 0) is 17.1 Å². The summed E-state index contributed by atoms with van der Waals surface area (Å²) in [6.45, 7) is -3.33. The second-order valence-corrected chi connectivity index (χ2v) is 7.42. The number of aryl methyl sites for hydroxylation is 1. The molecule has 0 aliphatic carbocycles. The average molecular weight is 431 g/mol. The molecule has 0 unspecified atom stereocenters. The van der Waals surface area contributed by atoms with Crippen LogP contribution in [0.1, 0.15) is 1.43 Å². The van der Waals surface area contributed by atoms with Crippen molar-refractivity contribution < 1.29 is 32.5 Å². The van der Waals surface area contributed by atoms with Crippen LogP contribution in [-0.4, -0.2) is 31.7 Å². The molecule has 0 aliphatic rings. The third-order valence-corrected chi connectivity index (χ3v) is 5.34. The van der Waals surface area contributed by atoms with E-state index in [1.54, 1.807) is 0 Å². The average Bonchev–Trinajstić information content (AvgIpc) is 2.66. The molecule has 0 aliphatic heterocycles. The second-order valence-electron chi connectivity index (χ2n) is 5.77. The molecule has 12 heteroatoms. The van der Waals surface area contributed by atoms with Gasteiger partial charge in [0, 0.05) is 31.5 Å². The number of halogens is 3. The molecule has 3 aromatic rings. The number of hydrogen-bond donors (Lipinski definition) is 1. The number of methoxy groups -OCH3 is 1. The fraction of sp³-hybridized carbons (Fsp3) is 0.176. The Bertz CT molecular complexity index is 1250. The van der Waals surface area contributed by atoms with Gasteiger partial charge in [-0.2, -0.15) is 13.8 Å². The predicted octanol–water partition coefficient (Wildman–Crippen LogP) is 2.73. The minimum absolute atomic E-state index is 0. The standard InChI is InChI=1S/C17H14F3N3O5S.H2/c1-23-7-6-9-10(16(23)24)4-3-5-13(9)29(25,26)22-12-8-11(18)14(28-17(19)20)21-15(12)27-2;/h3-8,17,22H,1-2H3;1H. The molecule has 1 aromatic carbocycles. The third-order valence-electron chi connectivity index (χ3n) is 3.92. The second kappa shape index (κ2) is 7.62. The van der Waals surface area contributed by atoms with E-state index in [4.69, 9.17) is 4.74 Å². The maximum Gasteiger partial charge on any atom is 0.388 e. The van der Waals surface area contributed by atoms with E-state index in [-0.39, 0.29) is 17.1 Å². The lowest BCUT2D eigenvalue weighted by Gasteiger charge is -2.14. The number of sulfonamides is 1. The SMILES string of the molecule is COc1nc(OC(F)F)c(F)cc1NS(=O)(=O)c1cccc2c(=O)n(C)ccc12.[HH]. The van der Waals surface area contributed by atoms with E-state index in [0.29, 0.717) is 6.07 Å². The summed E-state index contributed by atoms with van der Waals surface area (Å²) in [5.74, 6) is -2.86. The highest BCUT2D eigenvalue weighted by atomic mass is 32.2. The van der Waals surface area contributed by atoms with Gasteiger partial charge in [0.1, 0.15) is 5.69 Å². The molecule has 156 valence electrons. The smallest absolute Gasteiger partial charge is 0.388 e. The van der Waals surface area contributed by atoms with E-state index in [1.807, 2.05) is 0 Å². The largest absolute Gasteiger partial charge is 0.479 e. The van der Waals surface area contributed by atoms with Crippen LogP contribution >= 0.6 is 0 Å². The zero-order chi connectivity index (χ0) is 21.3. The fourth-order valence-electron chi connectivity index (χ4n) is 2.63. The van der Waals surface area contributed by atoms with Crippen molar-refractivity contribution in [3.05, 3.63) is 52.7 Å². The van der Waals surface area contributed by atoms with Gasteiger partial charge in [-0.1, -0.05) is 6.07 Å². The Labute approximate surface area is 164 Å². The van der Waals surface area contributed by atoms with E-state index >= 15 is 0 Å². The van der Waals surface area contributed by atoms with Gasteiger partial charge in [0.15, 0.2) is 5.82 Å². The zero-order valence-corrected chi connectivity index (χ0v) is 15.8. The van der Waals surface area contributed by atoms with Crippen LogP contribution in [0.2, 0.25) is 0 Å². The van der Waals surface area contributed by atoms with Crippen molar-refractivity contribution in [3.8, 4) is 11.8 Å². The number of hydrogen-bond acceptors (Lipinski definition) is 6. The maximum atomic E-state index is 14.0. The molecule has 8 nitrogen and oxygen atoms in total. The minimum atomic E-state index is -4.33. The Morgan fingerprint density at radius 3 is 2.59 bits per heavy atom. The van der Waals surface area contributed by atoms with Crippen molar-refractivity contribution >= 4 is 26.5 Å². The summed E-state index contributed by atoms with van der Waals surface area (Å²) in [6.07, 6.45) is 1.40. The molecule has 0 radical (unpaired) electrons. The van der Waals surface area contributed by atoms with Gasteiger partial charge in [-0.15, -0.1) is 0 Å². The first-order valence-corrected chi connectivity index (χ1v) is 9.43. The van der Waals surface area contributed by atoms with E-state index < -0.39 is 45.5 Å². The van der Waals surface area contributed by atoms with Gasteiger partial charge in [-0.3, -0.25) is 9.52 Å². The number of alkyl halides is 2. The van der Waals surface area contributed by atoms with Gasteiger partial charge in [-0.05, 0) is 18.2 Å². The summed E-state index contributed by atoms with van der Waals surface area (Å²) in [5, 5.41) is 0.308. The van der Waals surface area contributed by atoms with Gasteiger partial charge in [-0.25, -0.2) is 12.8 Å². The van der Waals surface area contributed by atoms with E-state index in [1.165, 1.54) is 42.1 Å². The molecule has 0 saturated carbocycles. The highest BCUT2D eigenvalue weighted by molar-refractivity contribution is 7.93. The highest BCUT2D eigenvalue weighted by Gasteiger charge is 2.23. The molecule has 2 heterocycles. The van der Waals surface area contributed by atoms with E-state index in [9.17, 15) is 26.4 Å². The number of nitrogens with one attached hydrogen (secondary N) is 1. The molecule has 2 aromatic heterocycles. The number of anilines is 1. The number of ether oxygens (including phenoxy) is 2. The molecule has 3 rings (SSSR count). The molecule has 1 N–H and O–H groups in total. The van der Waals surface area contributed by atoms with Crippen LogP contribution in [0.25, 0.3) is 10.8 Å². The fourth-order valence-corrected chi connectivity index (χ4v) is 3.90. The number of pyridine rings is 2. The monoisotopic (exact) mass is 431 g/mol. The minimum Gasteiger partial charge on any atom is -0.479 e. The Hall–Kier alpha value is -3.28. The molecular formula is C17H16F3N3O5S. The van der Waals surface area contributed by atoms with Crippen molar-refractivity contribution in [1.82, 2.24) is 9.55 Å². The predicted molar refractivity (Wildman–Crippen MR) is 99.5 cm³/mol. The van der Waals surface area contributed by atoms with Crippen LogP contribution < -0.4 is 19.8 Å². The normalized spacial score (nSPS) is 11.7. The van der Waals surface area contributed by atoms with Crippen LogP contribution in [0.4, 0.5) is 18.9 Å². The van der Waals surface area contributed by atoms with Gasteiger partial charge < -0.3 is 14.0 Å². The first-order chi connectivity index (χ1) is 13.6. The molecule has 29 heavy (non-hydrogen) atoms. The lowest BCUT2D eigenvalue weighted by atomic mass is 10.2. The number of fused-ring (bicyclic) bond motifs is 1. The lowest BCUT2D eigenvalue weighted by molar-refractivity contribution is -0.0555. The summed E-state index contributed by atoms with van der Waals surface area (Å²) in [5.41, 5.74) is -0.842. The first kappa shape index (κ1) is 20.5. The van der Waals surface area contributed by atoms with E-state index in [0.717, 1.165) is 7.11 Å². The first-order valence-electron chi connectivity index (χ1n) is 7.94. The van der Waals surface area contributed by atoms with Crippen LogP contribution in [0, 0.1) is 5.82 Å². The van der Waals surface area contributed by atoms with Gasteiger partial charge in [0.2, 0.25) is 5.88 Å². The summed E-state index contributed by atoms with van der Waals surface area (Å²) in [7, 11) is -1.72. The molecule has 0 bridgehead atoms. The topological polar surface area (TPSA) is 99.5 Å². The Balaban J connectivity index is 0.00000320. The maximum absolute atomic E-state index is 14.0. The molecule has 0 fully saturated rings. The van der Waals surface area contributed by atoms with Crippen LogP contribution in [0.5, 0.6) is 11.8 Å². The van der Waals surface area contributed by atoms with Gasteiger partial charge >= 0.3 is 6.61 Å². The summed E-state index contributed by atoms with van der Waals surface area (Å²) in [4.78, 5) is 15.4. The molecule has 0 atom stereocenters. The number of aromatic nitrogens is 2. The molecular weight excluding hydrogens is 415 g/mol. The van der Waals surface area contributed by atoms with Crippen molar-refractivity contribution in [2.24, 2.45) is 7.05 Å². The Kier molecular flexibility index (Phi) is 5.38. The van der Waals surface area contributed by atoms with Crippen LogP contribution in [0.15, 0.2) is 46.2 Å². The summed E-state index contributed by atoms with van der Waals surface area (Å²) < 4.78 is 76.6. The number of benzene rings is 1. The molecule has 0 spiro atoms. The Morgan fingerprint density at radius 2 is 1.93 bits per heavy atom. The van der Waals surface area contributed by atoms with Gasteiger partial charge in [0.05, 0.1) is 12.0 Å². The van der Waals surface area contributed by atoms with Crippen molar-refractivity contribution in [2.45, 2.75) is 11.5 Å². The lowest BCUT2D eigenvalue weighted by Crippen LogP contribution is -2.19. The zero-order valence-electron chi connectivity index (χ0n) is 15.0. The van der Waals surface area contributed by atoms with Crippen molar-refractivity contribution in [3.63, 3.8) is 0 Å². The quantitative estimate of drug-likeness (QED) is 0.644. The third kappa shape index (κ3) is 3.97. The summed E-state index contributed by atoms with van der Waals surface area (Å²) in [6, 6.07) is 6.16. The van der Waals surface area contributed by atoms with Crippen molar-refractivity contribution in [1.29, 1.82) is 0 Å². The van der Waals surface area contributed by atoms with Gasteiger partial charge in [0.25, 0.3) is 21.5 Å². The highest BCUT2D eigenvalue weighted by Crippen LogP contribution is 2.31. The number of rotatable bonds is 6. The molecule has 0 amide bonds. The van der Waals surface area contributed by atoms with Crippen molar-refractivity contribution in [2.75, 3.05) is 11.8 Å². The van der Waals surface area contributed by atoms with Crippen LogP contribution in [0.3, 0.4) is 0 Å². The van der Waals surface area contributed by atoms with E-state index in [2.05, 4.69) is 14.4 Å². The molecule has 0 saturated heterocycles. The summed E-state index contributed by atoms with van der Waals surface area (Å²) >= 11 is 0.